The van der Waals surface area contributed by atoms with Gasteiger partial charge in [0.15, 0.2) is 0 Å². The summed E-state index contributed by atoms with van der Waals surface area (Å²) in [6, 6.07) is 0. The molecule has 0 spiro atoms. The molecule has 1 amide bonds. The lowest BCUT2D eigenvalue weighted by Gasteiger charge is -2.32. The molecule has 0 radical (unpaired) electrons. The Bertz CT molecular complexity index is 153. The number of piperazine rings is 1. The molecule has 0 aromatic carbocycles. The molecule has 12 heavy (non-hydrogen) atoms. The van der Waals surface area contributed by atoms with Crippen LogP contribution in [-0.2, 0) is 0 Å². The van der Waals surface area contributed by atoms with Gasteiger partial charge >= 0.3 is 6.09 Å². The normalized spacial score (nSPS) is 19.6. The van der Waals surface area contributed by atoms with Gasteiger partial charge < -0.3 is 10.0 Å². The highest BCUT2D eigenvalue weighted by Crippen LogP contribution is 2.01. The zero-order valence-corrected chi connectivity index (χ0v) is 7.49. The van der Waals surface area contributed by atoms with Crippen molar-refractivity contribution in [1.29, 1.82) is 0 Å². The summed E-state index contributed by atoms with van der Waals surface area (Å²) in [7, 11) is 0. The highest BCUT2D eigenvalue weighted by Gasteiger charge is 2.18. The summed E-state index contributed by atoms with van der Waals surface area (Å²) in [5, 5.41) is 8.66. The third kappa shape index (κ3) is 2.37. The molecule has 0 unspecified atom stereocenters. The van der Waals surface area contributed by atoms with Crippen molar-refractivity contribution in [2.24, 2.45) is 0 Å². The van der Waals surface area contributed by atoms with E-state index in [9.17, 15) is 4.79 Å². The van der Waals surface area contributed by atoms with E-state index in [1.54, 1.807) is 0 Å². The van der Waals surface area contributed by atoms with Gasteiger partial charge in [0, 0.05) is 26.2 Å². The number of nitrogens with zero attached hydrogens (tertiary/aromatic N) is 2. The predicted octanol–water partition coefficient (Wildman–Crippen LogP) is 0.692. The SMILES string of the molecule is CCCN1CCN(C(=O)O)CC1. The molecule has 0 saturated carbocycles. The molecule has 0 aromatic rings. The van der Waals surface area contributed by atoms with Gasteiger partial charge in [0.2, 0.25) is 0 Å². The molecule has 0 atom stereocenters. The molecule has 0 aromatic heterocycles. The van der Waals surface area contributed by atoms with Crippen LogP contribution in [0.4, 0.5) is 4.79 Å². The van der Waals surface area contributed by atoms with E-state index >= 15 is 0 Å². The number of amides is 1. The van der Waals surface area contributed by atoms with E-state index in [1.165, 1.54) is 4.90 Å². The fourth-order valence-electron chi connectivity index (χ4n) is 1.48. The minimum atomic E-state index is -0.786. The van der Waals surface area contributed by atoms with Gasteiger partial charge in [-0.1, -0.05) is 6.92 Å². The second-order valence-corrected chi connectivity index (χ2v) is 3.11. The van der Waals surface area contributed by atoms with E-state index in [0.29, 0.717) is 13.1 Å². The molecule has 1 aliphatic rings. The van der Waals surface area contributed by atoms with Crippen LogP contribution in [0.5, 0.6) is 0 Å². The Balaban J connectivity index is 2.25. The van der Waals surface area contributed by atoms with Crippen LogP contribution >= 0.6 is 0 Å². The zero-order valence-electron chi connectivity index (χ0n) is 7.49. The molecule has 4 heteroatoms. The lowest BCUT2D eigenvalue weighted by Crippen LogP contribution is -2.48. The highest BCUT2D eigenvalue weighted by atomic mass is 16.4. The molecular weight excluding hydrogens is 156 g/mol. The number of carboxylic acid groups (broad SMARTS) is 1. The first-order valence-electron chi connectivity index (χ1n) is 4.44. The van der Waals surface area contributed by atoms with Crippen LogP contribution in [0.15, 0.2) is 0 Å². The first-order chi connectivity index (χ1) is 5.74. The van der Waals surface area contributed by atoms with Crippen molar-refractivity contribution in [2.45, 2.75) is 13.3 Å². The van der Waals surface area contributed by atoms with Crippen LogP contribution in [-0.4, -0.2) is 53.7 Å². The summed E-state index contributed by atoms with van der Waals surface area (Å²) in [4.78, 5) is 14.3. The third-order valence-electron chi connectivity index (χ3n) is 2.18. The standard InChI is InChI=1S/C8H16N2O2/c1-2-3-9-4-6-10(7-5-9)8(11)12/h2-7H2,1H3,(H,11,12). The summed E-state index contributed by atoms with van der Waals surface area (Å²) in [6.07, 6.45) is 0.360. The van der Waals surface area contributed by atoms with Gasteiger partial charge in [0.25, 0.3) is 0 Å². The van der Waals surface area contributed by atoms with Gasteiger partial charge in [-0.3, -0.25) is 4.90 Å². The molecule has 0 bridgehead atoms. The minimum absolute atomic E-state index is 0.662. The average molecular weight is 172 g/mol. The van der Waals surface area contributed by atoms with Crippen LogP contribution in [0.25, 0.3) is 0 Å². The maximum atomic E-state index is 10.5. The second kappa shape index (κ2) is 4.30. The molecule has 1 aliphatic heterocycles. The van der Waals surface area contributed by atoms with Crippen molar-refractivity contribution < 1.29 is 9.90 Å². The van der Waals surface area contributed by atoms with E-state index in [1.807, 2.05) is 0 Å². The van der Waals surface area contributed by atoms with Crippen molar-refractivity contribution >= 4 is 6.09 Å². The first kappa shape index (κ1) is 9.32. The minimum Gasteiger partial charge on any atom is -0.465 e. The predicted molar refractivity (Wildman–Crippen MR) is 46.3 cm³/mol. The lowest BCUT2D eigenvalue weighted by atomic mass is 10.3. The zero-order chi connectivity index (χ0) is 8.97. The second-order valence-electron chi connectivity index (χ2n) is 3.11. The van der Waals surface area contributed by atoms with E-state index in [2.05, 4.69) is 11.8 Å². The molecule has 70 valence electrons. The Labute approximate surface area is 72.8 Å². The summed E-state index contributed by atoms with van der Waals surface area (Å²) < 4.78 is 0. The van der Waals surface area contributed by atoms with Crippen molar-refractivity contribution in [1.82, 2.24) is 9.80 Å². The molecule has 0 aliphatic carbocycles. The lowest BCUT2D eigenvalue weighted by molar-refractivity contribution is 0.106. The Hall–Kier alpha value is -0.770. The largest absolute Gasteiger partial charge is 0.465 e. The van der Waals surface area contributed by atoms with Crippen molar-refractivity contribution in [2.75, 3.05) is 32.7 Å². The fraction of sp³-hybridized carbons (Fsp3) is 0.875. The van der Waals surface area contributed by atoms with E-state index in [4.69, 9.17) is 5.11 Å². The summed E-state index contributed by atoms with van der Waals surface area (Å²) >= 11 is 0. The van der Waals surface area contributed by atoms with Gasteiger partial charge in [-0.05, 0) is 13.0 Å². The van der Waals surface area contributed by atoms with Gasteiger partial charge in [-0.15, -0.1) is 0 Å². The van der Waals surface area contributed by atoms with Crippen LogP contribution in [0.3, 0.4) is 0 Å². The molecular formula is C8H16N2O2. The Morgan fingerprint density at radius 1 is 1.33 bits per heavy atom. The van der Waals surface area contributed by atoms with Crippen LogP contribution < -0.4 is 0 Å². The van der Waals surface area contributed by atoms with Crippen molar-refractivity contribution in [3.63, 3.8) is 0 Å². The maximum Gasteiger partial charge on any atom is 0.407 e. The van der Waals surface area contributed by atoms with Gasteiger partial charge in [0.05, 0.1) is 0 Å². The number of hydrogen-bond donors (Lipinski definition) is 1. The monoisotopic (exact) mass is 172 g/mol. The van der Waals surface area contributed by atoms with Crippen LogP contribution in [0.2, 0.25) is 0 Å². The molecule has 4 nitrogen and oxygen atoms in total. The molecule has 1 rings (SSSR count). The molecule has 1 N–H and O–H groups in total. The fourth-order valence-corrected chi connectivity index (χ4v) is 1.48. The van der Waals surface area contributed by atoms with Gasteiger partial charge in [0.1, 0.15) is 0 Å². The topological polar surface area (TPSA) is 43.8 Å². The highest BCUT2D eigenvalue weighted by molar-refractivity contribution is 5.65. The third-order valence-corrected chi connectivity index (χ3v) is 2.18. The first-order valence-corrected chi connectivity index (χ1v) is 4.44. The van der Waals surface area contributed by atoms with Crippen molar-refractivity contribution in [3.8, 4) is 0 Å². The van der Waals surface area contributed by atoms with E-state index in [-0.39, 0.29) is 0 Å². The molecule has 1 heterocycles. The molecule has 1 saturated heterocycles. The maximum absolute atomic E-state index is 10.5. The summed E-state index contributed by atoms with van der Waals surface area (Å²) in [5.41, 5.74) is 0. The number of rotatable bonds is 2. The van der Waals surface area contributed by atoms with Gasteiger partial charge in [-0.2, -0.15) is 0 Å². The Morgan fingerprint density at radius 2 is 1.92 bits per heavy atom. The quantitative estimate of drug-likeness (QED) is 0.666. The smallest absolute Gasteiger partial charge is 0.407 e. The van der Waals surface area contributed by atoms with Crippen LogP contribution in [0, 0.1) is 0 Å². The van der Waals surface area contributed by atoms with Crippen LogP contribution in [0.1, 0.15) is 13.3 Å². The molecule has 1 fully saturated rings. The summed E-state index contributed by atoms with van der Waals surface area (Å²) in [5.74, 6) is 0. The van der Waals surface area contributed by atoms with E-state index < -0.39 is 6.09 Å². The Kier molecular flexibility index (Phi) is 3.34. The summed E-state index contributed by atoms with van der Waals surface area (Å²) in [6.45, 7) is 6.34. The van der Waals surface area contributed by atoms with Crippen molar-refractivity contribution in [3.05, 3.63) is 0 Å². The average Bonchev–Trinajstić information content (AvgIpc) is 2.06. The van der Waals surface area contributed by atoms with E-state index in [0.717, 1.165) is 26.1 Å². The number of carbonyl (C=O) groups is 1. The van der Waals surface area contributed by atoms with Gasteiger partial charge in [-0.25, -0.2) is 4.79 Å². The Morgan fingerprint density at radius 3 is 2.33 bits per heavy atom. The number of hydrogen-bond acceptors (Lipinski definition) is 2.